The number of aromatic nitrogens is 3. The lowest BCUT2D eigenvalue weighted by atomic mass is 10.2. The van der Waals surface area contributed by atoms with E-state index in [1.807, 2.05) is 30.3 Å². The van der Waals surface area contributed by atoms with Gasteiger partial charge < -0.3 is 15.1 Å². The first kappa shape index (κ1) is 18.2. The number of carbonyl (C=O) groups excluding carboxylic acids is 2. The number of nitrogens with zero attached hydrogens (tertiary/aromatic N) is 3. The highest BCUT2D eigenvalue weighted by atomic mass is 16.3. The SMILES string of the molecule is O=C(Nc1cccc(NC(=O)c2ccco2)c1)c1cn(Cc2ccccc2)nn1. The third-order valence-corrected chi connectivity index (χ3v) is 4.08. The molecule has 4 rings (SSSR count). The summed E-state index contributed by atoms with van der Waals surface area (Å²) < 4.78 is 6.67. The number of benzene rings is 2. The van der Waals surface area contributed by atoms with Crippen molar-refractivity contribution in [3.05, 3.63) is 96.2 Å². The molecule has 144 valence electrons. The zero-order valence-corrected chi connectivity index (χ0v) is 15.3. The number of hydrogen-bond donors (Lipinski definition) is 2. The zero-order valence-electron chi connectivity index (χ0n) is 15.3. The van der Waals surface area contributed by atoms with Gasteiger partial charge in [0.2, 0.25) is 0 Å². The van der Waals surface area contributed by atoms with Crippen LogP contribution in [0.5, 0.6) is 0 Å². The number of anilines is 2. The standard InChI is InChI=1S/C21H17N5O3/c27-20(18-14-26(25-24-18)13-15-6-2-1-3-7-15)22-16-8-4-9-17(12-16)23-21(28)19-10-5-11-29-19/h1-12,14H,13H2,(H,22,27)(H,23,28). The summed E-state index contributed by atoms with van der Waals surface area (Å²) in [6.45, 7) is 0.523. The van der Waals surface area contributed by atoms with Gasteiger partial charge in [-0.05, 0) is 35.9 Å². The van der Waals surface area contributed by atoms with Crippen LogP contribution in [0.4, 0.5) is 11.4 Å². The van der Waals surface area contributed by atoms with Gasteiger partial charge in [0.1, 0.15) is 0 Å². The Bertz CT molecular complexity index is 1120. The first-order chi connectivity index (χ1) is 14.2. The van der Waals surface area contributed by atoms with Gasteiger partial charge in [0.25, 0.3) is 11.8 Å². The molecule has 0 aliphatic heterocycles. The summed E-state index contributed by atoms with van der Waals surface area (Å²) in [5.41, 5.74) is 2.30. The molecule has 8 nitrogen and oxygen atoms in total. The molecule has 0 saturated carbocycles. The summed E-state index contributed by atoms with van der Waals surface area (Å²) in [6.07, 6.45) is 3.02. The van der Waals surface area contributed by atoms with Gasteiger partial charge in [-0.2, -0.15) is 0 Å². The maximum Gasteiger partial charge on any atom is 0.291 e. The molecule has 2 aromatic heterocycles. The zero-order chi connectivity index (χ0) is 20.1. The topological polar surface area (TPSA) is 102 Å². The number of furan rings is 1. The number of nitrogens with one attached hydrogen (secondary N) is 2. The number of hydrogen-bond acceptors (Lipinski definition) is 5. The van der Waals surface area contributed by atoms with Crippen molar-refractivity contribution in [3.63, 3.8) is 0 Å². The van der Waals surface area contributed by atoms with E-state index in [0.717, 1.165) is 5.56 Å². The van der Waals surface area contributed by atoms with Crippen molar-refractivity contribution >= 4 is 23.2 Å². The number of carbonyl (C=O) groups is 2. The fourth-order valence-electron chi connectivity index (χ4n) is 2.72. The van der Waals surface area contributed by atoms with Crippen LogP contribution < -0.4 is 10.6 Å². The summed E-state index contributed by atoms with van der Waals surface area (Å²) in [6, 6.07) is 19.8. The predicted octanol–water partition coefficient (Wildman–Crippen LogP) is 3.42. The summed E-state index contributed by atoms with van der Waals surface area (Å²) in [5.74, 6) is -0.560. The molecule has 29 heavy (non-hydrogen) atoms. The number of amides is 2. The minimum absolute atomic E-state index is 0.200. The quantitative estimate of drug-likeness (QED) is 0.528. The van der Waals surface area contributed by atoms with Crippen molar-refractivity contribution in [3.8, 4) is 0 Å². The summed E-state index contributed by atoms with van der Waals surface area (Å²) in [7, 11) is 0. The minimum Gasteiger partial charge on any atom is -0.459 e. The molecule has 0 fully saturated rings. The fourth-order valence-corrected chi connectivity index (χ4v) is 2.72. The van der Waals surface area contributed by atoms with Crippen LogP contribution in [-0.4, -0.2) is 26.8 Å². The maximum atomic E-state index is 12.5. The predicted molar refractivity (Wildman–Crippen MR) is 107 cm³/mol. The molecule has 0 aliphatic rings. The molecule has 2 amide bonds. The van der Waals surface area contributed by atoms with Crippen LogP contribution in [0.1, 0.15) is 26.6 Å². The van der Waals surface area contributed by atoms with Gasteiger partial charge in [0.05, 0.1) is 19.0 Å². The average molecular weight is 387 g/mol. The van der Waals surface area contributed by atoms with Crippen LogP contribution in [0.2, 0.25) is 0 Å². The summed E-state index contributed by atoms with van der Waals surface area (Å²) in [4.78, 5) is 24.5. The first-order valence-electron chi connectivity index (χ1n) is 8.88. The van der Waals surface area contributed by atoms with E-state index in [1.165, 1.54) is 6.26 Å². The molecule has 4 aromatic rings. The van der Waals surface area contributed by atoms with Gasteiger partial charge in [-0.1, -0.05) is 41.6 Å². The highest BCUT2D eigenvalue weighted by Gasteiger charge is 2.13. The Morgan fingerprint density at radius 2 is 1.66 bits per heavy atom. The minimum atomic E-state index is -0.390. The van der Waals surface area contributed by atoms with E-state index in [0.29, 0.717) is 17.9 Å². The normalized spacial score (nSPS) is 10.5. The smallest absolute Gasteiger partial charge is 0.291 e. The lowest BCUT2D eigenvalue weighted by Crippen LogP contribution is -2.14. The Hall–Kier alpha value is -4.20. The maximum absolute atomic E-state index is 12.5. The molecule has 0 atom stereocenters. The Morgan fingerprint density at radius 3 is 2.38 bits per heavy atom. The van der Waals surface area contributed by atoms with Gasteiger partial charge >= 0.3 is 0 Å². The van der Waals surface area contributed by atoms with Crippen molar-refractivity contribution in [2.75, 3.05) is 10.6 Å². The molecule has 0 saturated heterocycles. The first-order valence-corrected chi connectivity index (χ1v) is 8.88. The molecular formula is C21H17N5O3. The van der Waals surface area contributed by atoms with Crippen LogP contribution in [0.15, 0.2) is 83.6 Å². The second-order valence-electron chi connectivity index (χ2n) is 6.25. The van der Waals surface area contributed by atoms with Crippen LogP contribution in [0, 0.1) is 0 Å². The molecule has 0 unspecified atom stereocenters. The fraction of sp³-hybridized carbons (Fsp3) is 0.0476. The van der Waals surface area contributed by atoms with Gasteiger partial charge in [-0.15, -0.1) is 5.10 Å². The monoisotopic (exact) mass is 387 g/mol. The van der Waals surface area contributed by atoms with E-state index >= 15 is 0 Å². The molecule has 0 spiro atoms. The highest BCUT2D eigenvalue weighted by molar-refractivity contribution is 6.04. The summed E-state index contributed by atoms with van der Waals surface area (Å²) >= 11 is 0. The molecule has 8 heteroatoms. The van der Waals surface area contributed by atoms with Gasteiger partial charge in [0.15, 0.2) is 11.5 Å². The van der Waals surface area contributed by atoms with Gasteiger partial charge in [-0.3, -0.25) is 9.59 Å². The van der Waals surface area contributed by atoms with Gasteiger partial charge in [-0.25, -0.2) is 4.68 Å². The molecule has 2 heterocycles. The Morgan fingerprint density at radius 1 is 0.897 bits per heavy atom. The Labute approximate surface area is 166 Å². The van der Waals surface area contributed by atoms with E-state index in [2.05, 4.69) is 20.9 Å². The third-order valence-electron chi connectivity index (χ3n) is 4.08. The molecular weight excluding hydrogens is 370 g/mol. The largest absolute Gasteiger partial charge is 0.459 e. The lowest BCUT2D eigenvalue weighted by Gasteiger charge is -2.07. The van der Waals surface area contributed by atoms with Crippen molar-refractivity contribution in [2.24, 2.45) is 0 Å². The van der Waals surface area contributed by atoms with E-state index in [1.54, 1.807) is 47.3 Å². The van der Waals surface area contributed by atoms with Gasteiger partial charge in [0, 0.05) is 11.4 Å². The van der Waals surface area contributed by atoms with E-state index in [9.17, 15) is 9.59 Å². The van der Waals surface area contributed by atoms with Crippen molar-refractivity contribution < 1.29 is 14.0 Å². The average Bonchev–Trinajstić information content (AvgIpc) is 3.41. The van der Waals surface area contributed by atoms with Crippen LogP contribution >= 0.6 is 0 Å². The van der Waals surface area contributed by atoms with Crippen LogP contribution in [0.3, 0.4) is 0 Å². The lowest BCUT2D eigenvalue weighted by molar-refractivity contribution is 0.0994. The van der Waals surface area contributed by atoms with E-state index in [4.69, 9.17) is 4.42 Å². The highest BCUT2D eigenvalue weighted by Crippen LogP contribution is 2.17. The second kappa shape index (κ2) is 8.22. The van der Waals surface area contributed by atoms with E-state index in [-0.39, 0.29) is 23.3 Å². The van der Waals surface area contributed by atoms with Crippen molar-refractivity contribution in [2.45, 2.75) is 6.54 Å². The Kier molecular flexibility index (Phi) is 5.15. The van der Waals surface area contributed by atoms with Crippen LogP contribution in [0.25, 0.3) is 0 Å². The molecule has 0 radical (unpaired) electrons. The van der Waals surface area contributed by atoms with Crippen LogP contribution in [-0.2, 0) is 6.54 Å². The summed E-state index contributed by atoms with van der Waals surface area (Å²) in [5, 5.41) is 13.4. The third kappa shape index (κ3) is 4.56. The molecule has 0 bridgehead atoms. The van der Waals surface area contributed by atoms with Crippen molar-refractivity contribution in [1.29, 1.82) is 0 Å². The van der Waals surface area contributed by atoms with E-state index < -0.39 is 0 Å². The molecule has 0 aliphatic carbocycles. The number of rotatable bonds is 6. The second-order valence-corrected chi connectivity index (χ2v) is 6.25. The van der Waals surface area contributed by atoms with Crippen molar-refractivity contribution in [1.82, 2.24) is 15.0 Å². The molecule has 2 aromatic carbocycles. The molecule has 2 N–H and O–H groups in total. The Balaban J connectivity index is 1.40.